The molecule has 0 amide bonds. The number of allylic oxidation sites excluding steroid dienone is 1. The van der Waals surface area contributed by atoms with E-state index in [0.717, 1.165) is 0 Å². The zero-order valence-corrected chi connectivity index (χ0v) is 15.6. The van der Waals surface area contributed by atoms with Gasteiger partial charge in [0.2, 0.25) is 0 Å². The summed E-state index contributed by atoms with van der Waals surface area (Å²) in [5.41, 5.74) is 6.82. The van der Waals surface area contributed by atoms with Crippen LogP contribution >= 0.6 is 0 Å². The Hall–Kier alpha value is -2.45. The Balaban J connectivity index is 1.90. The maximum atomic E-state index is 12.1. The van der Waals surface area contributed by atoms with Crippen LogP contribution in [0.25, 0.3) is 11.6 Å². The quantitative estimate of drug-likeness (QED) is 0.706. The largest absolute Gasteiger partial charge is 0.366 e. The Morgan fingerprint density at radius 2 is 1.96 bits per heavy atom. The smallest absolute Gasteiger partial charge is 0.156 e. The van der Waals surface area contributed by atoms with Crippen molar-refractivity contribution in [1.29, 1.82) is 0 Å². The van der Waals surface area contributed by atoms with Crippen LogP contribution in [0.1, 0.15) is 47.1 Å². The average Bonchev–Trinajstić information content (AvgIpc) is 2.73. The van der Waals surface area contributed by atoms with E-state index >= 15 is 0 Å². The molecule has 26 heavy (non-hydrogen) atoms. The molecule has 0 saturated carbocycles. The highest BCUT2D eigenvalue weighted by molar-refractivity contribution is 5.93. The van der Waals surface area contributed by atoms with Gasteiger partial charge in [0.25, 0.3) is 0 Å². The minimum atomic E-state index is -0.447. The van der Waals surface area contributed by atoms with Gasteiger partial charge in [-0.2, -0.15) is 0 Å². The molecule has 0 N–H and O–H groups in total. The molecule has 2 nitrogen and oxygen atoms in total. The van der Waals surface area contributed by atoms with Crippen LogP contribution in [-0.2, 0) is 9.53 Å². The summed E-state index contributed by atoms with van der Waals surface area (Å²) in [6.45, 7) is 6.87. The number of ketones is 1. The van der Waals surface area contributed by atoms with Gasteiger partial charge in [0.05, 0.1) is 12.2 Å². The van der Waals surface area contributed by atoms with Crippen molar-refractivity contribution in [3.63, 3.8) is 0 Å². The first kappa shape index (κ1) is 17.0. The molecule has 4 rings (SSSR count). The fraction of sp³-hybridized carbons (Fsp3) is 0.292. The van der Waals surface area contributed by atoms with Gasteiger partial charge >= 0.3 is 0 Å². The van der Waals surface area contributed by atoms with Crippen LogP contribution < -0.4 is 0 Å². The molecule has 1 heterocycles. The molecule has 2 aromatic carbocycles. The number of rotatable bonds is 1. The Bertz CT molecular complexity index is 935. The van der Waals surface area contributed by atoms with Crippen molar-refractivity contribution >= 4 is 17.4 Å². The summed E-state index contributed by atoms with van der Waals surface area (Å²) in [5, 5.41) is 0. The third kappa shape index (κ3) is 2.95. The average molecular weight is 344 g/mol. The van der Waals surface area contributed by atoms with Crippen LogP contribution in [0.2, 0.25) is 0 Å². The van der Waals surface area contributed by atoms with E-state index in [2.05, 4.69) is 69.3 Å². The van der Waals surface area contributed by atoms with Crippen molar-refractivity contribution in [2.24, 2.45) is 0 Å². The number of fused-ring (bicyclic) bond motifs is 3. The van der Waals surface area contributed by atoms with Crippen LogP contribution in [0.4, 0.5) is 0 Å². The van der Waals surface area contributed by atoms with Gasteiger partial charge in [-0.3, -0.25) is 4.79 Å². The second-order valence-corrected chi connectivity index (χ2v) is 7.65. The van der Waals surface area contributed by atoms with Crippen molar-refractivity contribution in [3.05, 3.63) is 82.4 Å². The lowest BCUT2D eigenvalue weighted by atomic mass is 9.74. The highest BCUT2D eigenvalue weighted by atomic mass is 16.5. The summed E-state index contributed by atoms with van der Waals surface area (Å²) in [4.78, 5) is 12.1. The molecule has 0 bridgehead atoms. The van der Waals surface area contributed by atoms with Gasteiger partial charge in [-0.25, -0.2) is 0 Å². The predicted octanol–water partition coefficient (Wildman–Crippen LogP) is 5.25. The van der Waals surface area contributed by atoms with Crippen molar-refractivity contribution in [2.45, 2.75) is 38.7 Å². The van der Waals surface area contributed by atoms with Gasteiger partial charge in [-0.05, 0) is 66.8 Å². The van der Waals surface area contributed by atoms with Crippen molar-refractivity contribution in [3.8, 4) is 0 Å². The monoisotopic (exact) mass is 344 g/mol. The molecule has 1 aliphatic heterocycles. The lowest BCUT2D eigenvalue weighted by molar-refractivity contribution is -0.117. The number of carbonyl (C=O) groups excluding carboxylic acids is 1. The Morgan fingerprint density at radius 3 is 2.77 bits per heavy atom. The molecule has 0 fully saturated rings. The molecule has 2 aromatic rings. The van der Waals surface area contributed by atoms with E-state index in [9.17, 15) is 4.79 Å². The first-order valence-electron chi connectivity index (χ1n) is 9.19. The Kier molecular flexibility index (Phi) is 4.16. The van der Waals surface area contributed by atoms with Crippen molar-refractivity contribution < 1.29 is 9.53 Å². The predicted molar refractivity (Wildman–Crippen MR) is 106 cm³/mol. The lowest BCUT2D eigenvalue weighted by Crippen LogP contribution is -2.37. The van der Waals surface area contributed by atoms with Gasteiger partial charge in [0, 0.05) is 12.3 Å². The van der Waals surface area contributed by atoms with E-state index < -0.39 is 5.60 Å². The number of aryl methyl sites for hydroxylation is 2. The summed E-state index contributed by atoms with van der Waals surface area (Å²) in [6.07, 6.45) is 6.37. The summed E-state index contributed by atoms with van der Waals surface area (Å²) in [5.74, 6) is 0.229. The third-order valence-electron chi connectivity index (χ3n) is 5.68. The van der Waals surface area contributed by atoms with Gasteiger partial charge in [0.1, 0.15) is 0 Å². The molecule has 0 spiro atoms. The molecule has 0 radical (unpaired) electrons. The lowest BCUT2D eigenvalue weighted by Gasteiger charge is -2.36. The molecular formula is C24H24O2. The van der Waals surface area contributed by atoms with E-state index in [-0.39, 0.29) is 11.7 Å². The van der Waals surface area contributed by atoms with Gasteiger partial charge < -0.3 is 4.74 Å². The molecular weight excluding hydrogens is 320 g/mol. The zero-order chi connectivity index (χ0) is 18.3. The number of hydrogen-bond acceptors (Lipinski definition) is 2. The highest BCUT2D eigenvalue weighted by Gasteiger charge is 2.41. The van der Waals surface area contributed by atoms with Gasteiger partial charge in [-0.1, -0.05) is 48.0 Å². The van der Waals surface area contributed by atoms with Crippen LogP contribution in [-0.4, -0.2) is 18.0 Å². The molecule has 0 aromatic heterocycles. The maximum Gasteiger partial charge on any atom is 0.156 e. The molecule has 0 saturated heterocycles. The number of ether oxygens (including phenoxy) is 1. The first-order chi connectivity index (χ1) is 12.5. The zero-order valence-electron chi connectivity index (χ0n) is 15.6. The molecule has 132 valence electrons. The van der Waals surface area contributed by atoms with Crippen LogP contribution in [0.15, 0.2) is 54.6 Å². The van der Waals surface area contributed by atoms with E-state index in [1.54, 1.807) is 6.08 Å². The van der Waals surface area contributed by atoms with E-state index in [1.807, 2.05) is 6.08 Å². The van der Waals surface area contributed by atoms with Gasteiger partial charge in [0.15, 0.2) is 5.78 Å². The van der Waals surface area contributed by atoms with Crippen molar-refractivity contribution in [2.75, 3.05) is 6.61 Å². The summed E-state index contributed by atoms with van der Waals surface area (Å²) >= 11 is 0. The fourth-order valence-corrected chi connectivity index (χ4v) is 4.04. The topological polar surface area (TPSA) is 26.3 Å². The fourth-order valence-electron chi connectivity index (χ4n) is 4.04. The van der Waals surface area contributed by atoms with E-state index in [1.165, 1.54) is 33.4 Å². The van der Waals surface area contributed by atoms with Crippen LogP contribution in [0.3, 0.4) is 0 Å². The molecule has 2 atom stereocenters. The van der Waals surface area contributed by atoms with Crippen LogP contribution in [0, 0.1) is 13.8 Å². The number of carbonyl (C=O) groups is 1. The Morgan fingerprint density at radius 1 is 1.15 bits per heavy atom. The highest BCUT2D eigenvalue weighted by Crippen LogP contribution is 2.45. The minimum Gasteiger partial charge on any atom is -0.366 e. The molecule has 1 aliphatic carbocycles. The standard InChI is InChI=1S/C24H24O2/c1-16-8-9-21-19(13-18-7-5-4-6-17(18)2)15-26-24(3)11-10-20(25)14-23(24)22(21)12-16/h4-13,23H,14-15H2,1-3H3/b19-13+/t23-,24-/m0/s1. The van der Waals surface area contributed by atoms with E-state index in [4.69, 9.17) is 4.74 Å². The van der Waals surface area contributed by atoms with Crippen LogP contribution in [0.5, 0.6) is 0 Å². The SMILES string of the molecule is Cc1ccc2c(c1)[C@@H]1CC(=O)C=C[C@]1(C)OC/C2=C\c1ccccc1C. The molecule has 2 heteroatoms. The summed E-state index contributed by atoms with van der Waals surface area (Å²) < 4.78 is 6.38. The maximum absolute atomic E-state index is 12.1. The summed E-state index contributed by atoms with van der Waals surface area (Å²) in [7, 11) is 0. The number of hydrogen-bond donors (Lipinski definition) is 0. The second kappa shape index (κ2) is 6.37. The second-order valence-electron chi connectivity index (χ2n) is 7.65. The third-order valence-corrected chi connectivity index (χ3v) is 5.68. The van der Waals surface area contributed by atoms with Crippen molar-refractivity contribution in [1.82, 2.24) is 0 Å². The first-order valence-corrected chi connectivity index (χ1v) is 9.19. The summed E-state index contributed by atoms with van der Waals surface area (Å²) in [6, 6.07) is 15.0. The molecule has 0 unspecified atom stereocenters. The Labute approximate surface area is 155 Å². The minimum absolute atomic E-state index is 0.0534. The number of benzene rings is 2. The normalized spacial score (nSPS) is 26.3. The molecule has 2 aliphatic rings. The van der Waals surface area contributed by atoms with Gasteiger partial charge in [-0.15, -0.1) is 0 Å². The van der Waals surface area contributed by atoms with E-state index in [0.29, 0.717) is 13.0 Å².